The lowest BCUT2D eigenvalue weighted by atomic mass is 10.4. The molecule has 1 saturated heterocycles. The van der Waals surface area contributed by atoms with E-state index in [1.165, 1.54) is 0 Å². The van der Waals surface area contributed by atoms with E-state index in [0.717, 1.165) is 37.7 Å². The molecule has 88 valence electrons. The van der Waals surface area contributed by atoms with Crippen molar-refractivity contribution in [1.82, 2.24) is 9.88 Å². The zero-order valence-corrected chi connectivity index (χ0v) is 9.82. The standard InChI is InChI=1S/C10H15N3O2S/c14-9(15)8-12-3-1-4-13(6-5-12)10-11-2-7-16-10/h2,7H,1,3-6,8H2,(H,14,15). The van der Waals surface area contributed by atoms with Crippen LogP contribution in [0.4, 0.5) is 5.13 Å². The highest BCUT2D eigenvalue weighted by Crippen LogP contribution is 2.18. The number of carbonyl (C=O) groups is 1. The quantitative estimate of drug-likeness (QED) is 0.846. The molecule has 6 heteroatoms. The average Bonchev–Trinajstić information content (AvgIpc) is 2.66. The molecular formula is C10H15N3O2S. The number of aliphatic carboxylic acids is 1. The van der Waals surface area contributed by atoms with Gasteiger partial charge in [0.25, 0.3) is 0 Å². The summed E-state index contributed by atoms with van der Waals surface area (Å²) in [6.07, 6.45) is 2.80. The van der Waals surface area contributed by atoms with Crippen molar-refractivity contribution in [2.24, 2.45) is 0 Å². The summed E-state index contributed by atoms with van der Waals surface area (Å²) in [6, 6.07) is 0. The second-order valence-corrected chi connectivity index (χ2v) is 4.70. The van der Waals surface area contributed by atoms with Crippen molar-refractivity contribution in [2.75, 3.05) is 37.6 Å². The van der Waals surface area contributed by atoms with E-state index in [1.807, 2.05) is 10.3 Å². The highest BCUT2D eigenvalue weighted by molar-refractivity contribution is 7.13. The monoisotopic (exact) mass is 241 g/mol. The van der Waals surface area contributed by atoms with E-state index in [-0.39, 0.29) is 6.54 Å². The molecule has 1 N–H and O–H groups in total. The first-order valence-corrected chi connectivity index (χ1v) is 6.22. The Morgan fingerprint density at radius 3 is 3.00 bits per heavy atom. The van der Waals surface area contributed by atoms with Crippen LogP contribution in [-0.4, -0.2) is 53.7 Å². The zero-order valence-electron chi connectivity index (χ0n) is 9.00. The molecule has 0 saturated carbocycles. The summed E-state index contributed by atoms with van der Waals surface area (Å²) >= 11 is 1.63. The third kappa shape index (κ3) is 2.93. The Bertz CT molecular complexity index is 342. The molecule has 0 bridgehead atoms. The number of rotatable bonds is 3. The lowest BCUT2D eigenvalue weighted by Crippen LogP contribution is -2.34. The average molecular weight is 241 g/mol. The van der Waals surface area contributed by atoms with Crippen LogP contribution in [0.3, 0.4) is 0 Å². The lowest BCUT2D eigenvalue weighted by Gasteiger charge is -2.19. The summed E-state index contributed by atoms with van der Waals surface area (Å²) in [6.45, 7) is 3.62. The first-order chi connectivity index (χ1) is 7.75. The molecule has 0 unspecified atom stereocenters. The number of nitrogens with zero attached hydrogens (tertiary/aromatic N) is 3. The van der Waals surface area contributed by atoms with Gasteiger partial charge in [-0.2, -0.15) is 0 Å². The van der Waals surface area contributed by atoms with E-state index in [0.29, 0.717) is 0 Å². The molecule has 16 heavy (non-hydrogen) atoms. The summed E-state index contributed by atoms with van der Waals surface area (Å²) in [4.78, 5) is 19.1. The number of anilines is 1. The molecule has 0 aliphatic carbocycles. The van der Waals surface area contributed by atoms with Gasteiger partial charge in [-0.25, -0.2) is 4.98 Å². The normalized spacial score (nSPS) is 18.4. The van der Waals surface area contributed by atoms with Gasteiger partial charge in [-0.3, -0.25) is 9.69 Å². The molecular weight excluding hydrogens is 226 g/mol. The topological polar surface area (TPSA) is 56.7 Å². The Balaban J connectivity index is 1.90. The van der Waals surface area contributed by atoms with Crippen LogP contribution in [-0.2, 0) is 4.79 Å². The minimum Gasteiger partial charge on any atom is -0.480 e. The molecule has 0 aromatic carbocycles. The maximum absolute atomic E-state index is 10.6. The minimum absolute atomic E-state index is 0.145. The van der Waals surface area contributed by atoms with Crippen LogP contribution in [0.5, 0.6) is 0 Å². The van der Waals surface area contributed by atoms with Crippen LogP contribution in [0.15, 0.2) is 11.6 Å². The highest BCUT2D eigenvalue weighted by Gasteiger charge is 2.17. The number of hydrogen-bond donors (Lipinski definition) is 1. The van der Waals surface area contributed by atoms with E-state index in [4.69, 9.17) is 5.11 Å². The molecule has 0 spiro atoms. The second kappa shape index (κ2) is 5.27. The van der Waals surface area contributed by atoms with Gasteiger partial charge in [0, 0.05) is 37.8 Å². The minimum atomic E-state index is -0.748. The summed E-state index contributed by atoms with van der Waals surface area (Å²) in [5, 5.41) is 11.7. The van der Waals surface area contributed by atoms with Crippen molar-refractivity contribution < 1.29 is 9.90 Å². The van der Waals surface area contributed by atoms with E-state index in [2.05, 4.69) is 9.88 Å². The first kappa shape index (κ1) is 11.3. The van der Waals surface area contributed by atoms with Crippen LogP contribution in [0.25, 0.3) is 0 Å². The predicted octanol–water partition coefficient (Wildman–Crippen LogP) is 0.740. The molecule has 1 aliphatic rings. The Morgan fingerprint density at radius 1 is 1.44 bits per heavy atom. The van der Waals surface area contributed by atoms with Gasteiger partial charge < -0.3 is 10.0 Å². The fourth-order valence-electron chi connectivity index (χ4n) is 1.88. The van der Waals surface area contributed by atoms with Gasteiger partial charge in [0.15, 0.2) is 5.13 Å². The van der Waals surface area contributed by atoms with Crippen LogP contribution in [0.2, 0.25) is 0 Å². The Labute approximate surface area is 98.3 Å². The molecule has 2 rings (SSSR count). The van der Waals surface area contributed by atoms with Gasteiger partial charge >= 0.3 is 5.97 Å². The second-order valence-electron chi connectivity index (χ2n) is 3.83. The molecule has 0 atom stereocenters. The zero-order chi connectivity index (χ0) is 11.4. The molecule has 5 nitrogen and oxygen atoms in total. The number of thiazole rings is 1. The summed E-state index contributed by atoms with van der Waals surface area (Å²) in [5.74, 6) is -0.748. The fraction of sp³-hybridized carbons (Fsp3) is 0.600. The summed E-state index contributed by atoms with van der Waals surface area (Å²) < 4.78 is 0. The van der Waals surface area contributed by atoms with Crippen molar-refractivity contribution in [3.05, 3.63) is 11.6 Å². The van der Waals surface area contributed by atoms with Crippen LogP contribution in [0, 0.1) is 0 Å². The number of hydrogen-bond acceptors (Lipinski definition) is 5. The van der Waals surface area contributed by atoms with E-state index >= 15 is 0 Å². The van der Waals surface area contributed by atoms with E-state index < -0.39 is 5.97 Å². The van der Waals surface area contributed by atoms with Crippen molar-refractivity contribution in [1.29, 1.82) is 0 Å². The predicted molar refractivity (Wildman–Crippen MR) is 63.0 cm³/mol. The number of carboxylic acid groups (broad SMARTS) is 1. The smallest absolute Gasteiger partial charge is 0.317 e. The number of carboxylic acids is 1. The van der Waals surface area contributed by atoms with Gasteiger partial charge in [-0.05, 0) is 6.42 Å². The van der Waals surface area contributed by atoms with Crippen molar-refractivity contribution in [3.8, 4) is 0 Å². The van der Waals surface area contributed by atoms with E-state index in [1.54, 1.807) is 17.5 Å². The molecule has 0 amide bonds. The van der Waals surface area contributed by atoms with Crippen molar-refractivity contribution >= 4 is 22.4 Å². The van der Waals surface area contributed by atoms with E-state index in [9.17, 15) is 4.79 Å². The Kier molecular flexibility index (Phi) is 3.74. The SMILES string of the molecule is O=C(O)CN1CCCN(c2nccs2)CC1. The van der Waals surface area contributed by atoms with Crippen LogP contribution < -0.4 is 4.90 Å². The van der Waals surface area contributed by atoms with Gasteiger partial charge in [0.1, 0.15) is 0 Å². The maximum Gasteiger partial charge on any atom is 0.317 e. The van der Waals surface area contributed by atoms with Crippen LogP contribution in [0.1, 0.15) is 6.42 Å². The number of aromatic nitrogens is 1. The van der Waals surface area contributed by atoms with Gasteiger partial charge in [0.05, 0.1) is 6.54 Å². The molecule has 1 fully saturated rings. The lowest BCUT2D eigenvalue weighted by molar-refractivity contribution is -0.138. The maximum atomic E-state index is 10.6. The van der Waals surface area contributed by atoms with Crippen LogP contribution >= 0.6 is 11.3 Å². The molecule has 0 radical (unpaired) electrons. The van der Waals surface area contributed by atoms with Gasteiger partial charge in [-0.15, -0.1) is 11.3 Å². The molecule has 1 aromatic rings. The molecule has 1 aliphatic heterocycles. The summed E-state index contributed by atoms with van der Waals surface area (Å²) in [7, 11) is 0. The first-order valence-electron chi connectivity index (χ1n) is 5.34. The third-order valence-corrected chi connectivity index (χ3v) is 3.47. The van der Waals surface area contributed by atoms with Crippen molar-refractivity contribution in [2.45, 2.75) is 6.42 Å². The van der Waals surface area contributed by atoms with Gasteiger partial charge in [0.2, 0.25) is 0 Å². The largest absolute Gasteiger partial charge is 0.480 e. The van der Waals surface area contributed by atoms with Gasteiger partial charge in [-0.1, -0.05) is 0 Å². The molecule has 1 aromatic heterocycles. The fourth-order valence-corrected chi connectivity index (χ4v) is 2.58. The molecule has 2 heterocycles. The summed E-state index contributed by atoms with van der Waals surface area (Å²) in [5.41, 5.74) is 0. The third-order valence-electron chi connectivity index (χ3n) is 2.64. The Hall–Kier alpha value is -1.14. The van der Waals surface area contributed by atoms with Crippen molar-refractivity contribution in [3.63, 3.8) is 0 Å². The highest BCUT2D eigenvalue weighted by atomic mass is 32.1. The Morgan fingerprint density at radius 2 is 2.31 bits per heavy atom.